The summed E-state index contributed by atoms with van der Waals surface area (Å²) in [5, 5.41) is 0. The molecule has 0 aliphatic carbocycles. The van der Waals surface area contributed by atoms with Gasteiger partial charge in [-0.15, -0.1) is 0 Å². The van der Waals surface area contributed by atoms with E-state index in [4.69, 9.17) is 9.15 Å². The van der Waals surface area contributed by atoms with E-state index in [1.165, 1.54) is 6.26 Å². The summed E-state index contributed by atoms with van der Waals surface area (Å²) in [5.74, 6) is 0.990. The van der Waals surface area contributed by atoms with Gasteiger partial charge in [0.15, 0.2) is 5.76 Å². The lowest BCUT2D eigenvalue weighted by molar-refractivity contribution is 0.101. The molecule has 2 rings (SSSR count). The van der Waals surface area contributed by atoms with E-state index >= 15 is 0 Å². The first-order chi connectivity index (χ1) is 8.16. The van der Waals surface area contributed by atoms with Crippen molar-refractivity contribution in [2.24, 2.45) is 0 Å². The molecule has 0 spiro atoms. The Hall–Kier alpha value is -2.03. The molecule has 0 N–H and O–H groups in total. The van der Waals surface area contributed by atoms with Crippen molar-refractivity contribution < 1.29 is 13.9 Å². The number of rotatable bonds is 4. The molecule has 3 nitrogen and oxygen atoms in total. The summed E-state index contributed by atoms with van der Waals surface area (Å²) in [6.45, 7) is 3.92. The summed E-state index contributed by atoms with van der Waals surface area (Å²) < 4.78 is 10.6. The molecule has 88 valence electrons. The van der Waals surface area contributed by atoms with Gasteiger partial charge in [0.05, 0.1) is 12.4 Å². The van der Waals surface area contributed by atoms with Crippen LogP contribution in [0.2, 0.25) is 0 Å². The van der Waals surface area contributed by atoms with Crippen molar-refractivity contribution in [3.8, 4) is 5.75 Å². The molecule has 0 unspecified atom stereocenters. The van der Waals surface area contributed by atoms with E-state index in [-0.39, 0.29) is 11.9 Å². The highest BCUT2D eigenvalue weighted by Gasteiger charge is 2.11. The van der Waals surface area contributed by atoms with Crippen LogP contribution in [0, 0.1) is 0 Å². The summed E-state index contributed by atoms with van der Waals surface area (Å²) in [5.41, 5.74) is 0.594. The van der Waals surface area contributed by atoms with Crippen LogP contribution in [0.5, 0.6) is 5.75 Å². The minimum Gasteiger partial charge on any atom is -0.491 e. The summed E-state index contributed by atoms with van der Waals surface area (Å²) in [6, 6.07) is 10.4. The molecule has 0 amide bonds. The van der Waals surface area contributed by atoms with Gasteiger partial charge in [-0.3, -0.25) is 4.79 Å². The van der Waals surface area contributed by atoms with Gasteiger partial charge in [-0.2, -0.15) is 0 Å². The Morgan fingerprint density at radius 1 is 1.18 bits per heavy atom. The van der Waals surface area contributed by atoms with Crippen molar-refractivity contribution in [3.63, 3.8) is 0 Å². The van der Waals surface area contributed by atoms with Crippen molar-refractivity contribution in [2.45, 2.75) is 20.0 Å². The molecule has 0 bridgehead atoms. The standard InChI is InChI=1S/C14H14O3/c1-10(2)17-12-7-5-11(6-8-12)14(15)13-4-3-9-16-13/h3-10H,1-2H3. The van der Waals surface area contributed by atoms with Gasteiger partial charge < -0.3 is 9.15 Å². The van der Waals surface area contributed by atoms with Crippen LogP contribution in [-0.2, 0) is 0 Å². The van der Waals surface area contributed by atoms with Crippen LogP contribution in [0.15, 0.2) is 47.1 Å². The average molecular weight is 230 g/mol. The van der Waals surface area contributed by atoms with Gasteiger partial charge in [0, 0.05) is 5.56 Å². The van der Waals surface area contributed by atoms with Crippen LogP contribution in [-0.4, -0.2) is 11.9 Å². The van der Waals surface area contributed by atoms with E-state index in [0.29, 0.717) is 11.3 Å². The fourth-order valence-corrected chi connectivity index (χ4v) is 1.51. The van der Waals surface area contributed by atoms with Crippen LogP contribution >= 0.6 is 0 Å². The molecule has 0 radical (unpaired) electrons. The van der Waals surface area contributed by atoms with E-state index in [1.807, 2.05) is 13.8 Å². The number of ether oxygens (including phenoxy) is 1. The van der Waals surface area contributed by atoms with Gasteiger partial charge in [-0.05, 0) is 50.2 Å². The maximum atomic E-state index is 11.9. The van der Waals surface area contributed by atoms with Gasteiger partial charge in [0.25, 0.3) is 0 Å². The highest BCUT2D eigenvalue weighted by Crippen LogP contribution is 2.16. The zero-order valence-corrected chi connectivity index (χ0v) is 9.84. The quantitative estimate of drug-likeness (QED) is 0.756. The van der Waals surface area contributed by atoms with Crippen LogP contribution in [0.1, 0.15) is 30.0 Å². The summed E-state index contributed by atoms with van der Waals surface area (Å²) >= 11 is 0. The van der Waals surface area contributed by atoms with Crippen molar-refractivity contribution >= 4 is 5.78 Å². The molecule has 2 aromatic rings. The molecule has 0 aliphatic rings. The number of benzene rings is 1. The average Bonchev–Trinajstić information content (AvgIpc) is 2.82. The molecule has 0 aliphatic heterocycles. The summed E-state index contributed by atoms with van der Waals surface area (Å²) in [7, 11) is 0. The smallest absolute Gasteiger partial charge is 0.228 e. The molecule has 1 aromatic heterocycles. The predicted molar refractivity (Wildman–Crippen MR) is 64.3 cm³/mol. The zero-order valence-electron chi connectivity index (χ0n) is 9.84. The lowest BCUT2D eigenvalue weighted by Crippen LogP contribution is -2.06. The van der Waals surface area contributed by atoms with E-state index in [0.717, 1.165) is 5.75 Å². The highest BCUT2D eigenvalue weighted by atomic mass is 16.5. The van der Waals surface area contributed by atoms with Crippen LogP contribution in [0.25, 0.3) is 0 Å². The molecule has 3 heteroatoms. The SMILES string of the molecule is CC(C)Oc1ccc(C(=O)c2ccco2)cc1. The largest absolute Gasteiger partial charge is 0.491 e. The first-order valence-electron chi connectivity index (χ1n) is 5.52. The van der Waals surface area contributed by atoms with Gasteiger partial charge in [0.1, 0.15) is 5.75 Å². The van der Waals surface area contributed by atoms with Gasteiger partial charge in [-0.1, -0.05) is 0 Å². The molecular formula is C14H14O3. The van der Waals surface area contributed by atoms with E-state index < -0.39 is 0 Å². The monoisotopic (exact) mass is 230 g/mol. The third-order valence-corrected chi connectivity index (χ3v) is 2.23. The Morgan fingerprint density at radius 2 is 1.88 bits per heavy atom. The Kier molecular flexibility index (Phi) is 3.28. The number of hydrogen-bond acceptors (Lipinski definition) is 3. The van der Waals surface area contributed by atoms with Crippen LogP contribution < -0.4 is 4.74 Å². The van der Waals surface area contributed by atoms with Gasteiger partial charge in [0.2, 0.25) is 5.78 Å². The fraction of sp³-hybridized carbons (Fsp3) is 0.214. The van der Waals surface area contributed by atoms with Gasteiger partial charge in [-0.25, -0.2) is 0 Å². The molecule has 1 aromatic carbocycles. The maximum Gasteiger partial charge on any atom is 0.228 e. The van der Waals surface area contributed by atoms with Crippen molar-refractivity contribution in [1.29, 1.82) is 0 Å². The van der Waals surface area contributed by atoms with Crippen molar-refractivity contribution in [2.75, 3.05) is 0 Å². The second-order valence-corrected chi connectivity index (χ2v) is 4.00. The second-order valence-electron chi connectivity index (χ2n) is 4.00. The third kappa shape index (κ3) is 2.75. The Bertz CT molecular complexity index is 481. The molecule has 0 saturated carbocycles. The number of ketones is 1. The second kappa shape index (κ2) is 4.87. The molecule has 0 atom stereocenters. The van der Waals surface area contributed by atoms with Crippen LogP contribution in [0.4, 0.5) is 0 Å². The molecule has 1 heterocycles. The number of furan rings is 1. The number of carbonyl (C=O) groups is 1. The molecule has 0 fully saturated rings. The third-order valence-electron chi connectivity index (χ3n) is 2.23. The van der Waals surface area contributed by atoms with Crippen molar-refractivity contribution in [3.05, 3.63) is 54.0 Å². The topological polar surface area (TPSA) is 39.4 Å². The molecule has 0 saturated heterocycles. The normalized spacial score (nSPS) is 10.5. The first kappa shape index (κ1) is 11.5. The summed E-state index contributed by atoms with van der Waals surface area (Å²) in [4.78, 5) is 11.9. The Balaban J connectivity index is 2.15. The van der Waals surface area contributed by atoms with Crippen LogP contribution in [0.3, 0.4) is 0 Å². The molecule has 17 heavy (non-hydrogen) atoms. The van der Waals surface area contributed by atoms with E-state index in [2.05, 4.69) is 0 Å². The zero-order chi connectivity index (χ0) is 12.3. The van der Waals surface area contributed by atoms with Gasteiger partial charge >= 0.3 is 0 Å². The van der Waals surface area contributed by atoms with Crippen molar-refractivity contribution in [1.82, 2.24) is 0 Å². The first-order valence-corrected chi connectivity index (χ1v) is 5.52. The predicted octanol–water partition coefficient (Wildman–Crippen LogP) is 3.30. The van der Waals surface area contributed by atoms with E-state index in [1.54, 1.807) is 36.4 Å². The molecular weight excluding hydrogens is 216 g/mol. The fourth-order valence-electron chi connectivity index (χ4n) is 1.51. The Morgan fingerprint density at radius 3 is 2.41 bits per heavy atom. The minimum atomic E-state index is -0.119. The Labute approximate surface area is 100 Å². The van der Waals surface area contributed by atoms with E-state index in [9.17, 15) is 4.79 Å². The minimum absolute atomic E-state index is 0.119. The maximum absolute atomic E-state index is 11.9. The lowest BCUT2D eigenvalue weighted by Gasteiger charge is -2.09. The lowest BCUT2D eigenvalue weighted by atomic mass is 10.1. The number of hydrogen-bond donors (Lipinski definition) is 0. The highest BCUT2D eigenvalue weighted by molar-refractivity contribution is 6.07. The summed E-state index contributed by atoms with van der Waals surface area (Å²) in [6.07, 6.45) is 1.62. The number of carbonyl (C=O) groups excluding carboxylic acids is 1.